The minimum absolute atomic E-state index is 0.150. The first kappa shape index (κ1) is 17.2. The van der Waals surface area contributed by atoms with Crippen molar-refractivity contribution in [3.63, 3.8) is 0 Å². The van der Waals surface area contributed by atoms with Gasteiger partial charge >= 0.3 is 0 Å². The normalized spacial score (nSPS) is 14.6. The van der Waals surface area contributed by atoms with Crippen LogP contribution in [0.4, 0.5) is 5.82 Å². The Morgan fingerprint density at radius 1 is 1.04 bits per heavy atom. The molecular formula is C19H24N4O2. The Balaban J connectivity index is 1.70. The van der Waals surface area contributed by atoms with Crippen molar-refractivity contribution < 1.29 is 4.79 Å². The molecule has 0 radical (unpaired) electrons. The van der Waals surface area contributed by atoms with E-state index in [-0.39, 0.29) is 11.5 Å². The molecule has 0 saturated carbocycles. The van der Waals surface area contributed by atoms with Gasteiger partial charge in [0.2, 0.25) is 5.91 Å². The maximum Gasteiger partial charge on any atom is 0.271 e. The Morgan fingerprint density at radius 3 is 2.44 bits per heavy atom. The average molecular weight is 340 g/mol. The highest BCUT2D eigenvalue weighted by atomic mass is 16.2. The number of carbonyl (C=O) groups is 1. The Morgan fingerprint density at radius 2 is 1.76 bits per heavy atom. The number of para-hydroxylation sites is 1. The molecule has 1 amide bonds. The van der Waals surface area contributed by atoms with Crippen LogP contribution in [0.25, 0.3) is 5.69 Å². The number of amides is 1. The van der Waals surface area contributed by atoms with Crippen LogP contribution in [0.2, 0.25) is 0 Å². The van der Waals surface area contributed by atoms with E-state index in [9.17, 15) is 9.59 Å². The van der Waals surface area contributed by atoms with Crippen LogP contribution < -0.4 is 10.5 Å². The zero-order chi connectivity index (χ0) is 17.6. The van der Waals surface area contributed by atoms with Crippen LogP contribution in [0.15, 0.2) is 47.3 Å². The van der Waals surface area contributed by atoms with Crippen molar-refractivity contribution in [3.05, 3.63) is 52.8 Å². The van der Waals surface area contributed by atoms with Crippen LogP contribution >= 0.6 is 0 Å². The predicted molar refractivity (Wildman–Crippen MR) is 98.2 cm³/mol. The number of carbonyl (C=O) groups excluding carboxylic acids is 1. The zero-order valence-corrected chi connectivity index (χ0v) is 14.6. The molecule has 0 spiro atoms. The molecule has 3 rings (SSSR count). The fraction of sp³-hybridized carbons (Fsp3) is 0.421. The molecule has 0 aliphatic carbocycles. The molecule has 2 aromatic rings. The van der Waals surface area contributed by atoms with Gasteiger partial charge in [-0.3, -0.25) is 9.59 Å². The lowest BCUT2D eigenvalue weighted by Gasteiger charge is -2.35. The molecule has 1 aromatic carbocycles. The summed E-state index contributed by atoms with van der Waals surface area (Å²) in [6, 6.07) is 12.7. The van der Waals surface area contributed by atoms with Gasteiger partial charge in [-0.1, -0.05) is 31.5 Å². The van der Waals surface area contributed by atoms with Crippen molar-refractivity contribution in [2.75, 3.05) is 31.1 Å². The van der Waals surface area contributed by atoms with Crippen LogP contribution in [0.3, 0.4) is 0 Å². The first-order valence-corrected chi connectivity index (χ1v) is 8.87. The number of hydrogen-bond donors (Lipinski definition) is 0. The predicted octanol–water partition coefficient (Wildman–Crippen LogP) is 2.07. The van der Waals surface area contributed by atoms with Gasteiger partial charge in [-0.25, -0.2) is 0 Å². The maximum atomic E-state index is 12.1. The lowest BCUT2D eigenvalue weighted by atomic mass is 10.2. The molecule has 2 heterocycles. The molecule has 0 bridgehead atoms. The molecule has 0 N–H and O–H groups in total. The van der Waals surface area contributed by atoms with Gasteiger partial charge in [0.15, 0.2) is 0 Å². The lowest BCUT2D eigenvalue weighted by molar-refractivity contribution is -0.131. The smallest absolute Gasteiger partial charge is 0.271 e. The molecule has 25 heavy (non-hydrogen) atoms. The summed E-state index contributed by atoms with van der Waals surface area (Å²) >= 11 is 0. The topological polar surface area (TPSA) is 58.4 Å². The highest BCUT2D eigenvalue weighted by Crippen LogP contribution is 2.14. The molecule has 132 valence electrons. The van der Waals surface area contributed by atoms with E-state index in [4.69, 9.17) is 0 Å². The number of anilines is 1. The number of rotatable bonds is 5. The maximum absolute atomic E-state index is 12.1. The number of piperazine rings is 1. The average Bonchev–Trinajstić information content (AvgIpc) is 2.67. The van der Waals surface area contributed by atoms with E-state index in [0.717, 1.165) is 37.4 Å². The molecule has 1 aromatic heterocycles. The van der Waals surface area contributed by atoms with Crippen LogP contribution in [-0.2, 0) is 4.79 Å². The van der Waals surface area contributed by atoms with Gasteiger partial charge < -0.3 is 9.80 Å². The summed E-state index contributed by atoms with van der Waals surface area (Å²) in [5.41, 5.74) is 0.603. The van der Waals surface area contributed by atoms with Crippen LogP contribution in [0.1, 0.15) is 26.2 Å². The van der Waals surface area contributed by atoms with E-state index in [1.54, 1.807) is 12.1 Å². The second-order valence-electron chi connectivity index (χ2n) is 6.25. The molecule has 0 atom stereocenters. The quantitative estimate of drug-likeness (QED) is 0.836. The van der Waals surface area contributed by atoms with Gasteiger partial charge in [0.1, 0.15) is 5.82 Å². The monoisotopic (exact) mass is 340 g/mol. The summed E-state index contributed by atoms with van der Waals surface area (Å²) in [6.45, 7) is 4.97. The van der Waals surface area contributed by atoms with Gasteiger partial charge in [-0.2, -0.15) is 4.68 Å². The van der Waals surface area contributed by atoms with Gasteiger partial charge in [0.05, 0.1) is 5.69 Å². The summed E-state index contributed by atoms with van der Waals surface area (Å²) in [7, 11) is 0. The van der Waals surface area contributed by atoms with Crippen molar-refractivity contribution in [2.45, 2.75) is 26.2 Å². The number of aromatic nitrogens is 2. The fourth-order valence-electron chi connectivity index (χ4n) is 3.00. The van der Waals surface area contributed by atoms with E-state index in [1.807, 2.05) is 35.2 Å². The van der Waals surface area contributed by atoms with Crippen molar-refractivity contribution in [2.24, 2.45) is 0 Å². The summed E-state index contributed by atoms with van der Waals surface area (Å²) < 4.78 is 1.42. The fourth-order valence-corrected chi connectivity index (χ4v) is 3.00. The van der Waals surface area contributed by atoms with E-state index in [2.05, 4.69) is 16.9 Å². The summed E-state index contributed by atoms with van der Waals surface area (Å²) in [6.07, 6.45) is 2.62. The molecular weight excluding hydrogens is 316 g/mol. The van der Waals surface area contributed by atoms with E-state index < -0.39 is 0 Å². The number of benzene rings is 1. The number of nitrogens with zero attached hydrogens (tertiary/aromatic N) is 4. The third-order valence-corrected chi connectivity index (χ3v) is 4.49. The van der Waals surface area contributed by atoms with Crippen LogP contribution in [-0.4, -0.2) is 46.8 Å². The molecule has 1 fully saturated rings. The second-order valence-corrected chi connectivity index (χ2v) is 6.25. The highest BCUT2D eigenvalue weighted by molar-refractivity contribution is 5.76. The van der Waals surface area contributed by atoms with Gasteiger partial charge in [-0.15, -0.1) is 5.10 Å². The summed E-state index contributed by atoms with van der Waals surface area (Å²) in [5.74, 6) is 1.01. The third-order valence-electron chi connectivity index (χ3n) is 4.49. The van der Waals surface area contributed by atoms with Crippen molar-refractivity contribution >= 4 is 11.7 Å². The van der Waals surface area contributed by atoms with E-state index in [0.29, 0.717) is 19.5 Å². The molecule has 1 saturated heterocycles. The molecule has 1 aliphatic rings. The molecule has 6 heteroatoms. The van der Waals surface area contributed by atoms with Gasteiger partial charge in [0, 0.05) is 38.7 Å². The van der Waals surface area contributed by atoms with Crippen molar-refractivity contribution in [3.8, 4) is 5.69 Å². The minimum atomic E-state index is -0.150. The minimum Gasteiger partial charge on any atom is -0.352 e. The van der Waals surface area contributed by atoms with Gasteiger partial charge in [0.25, 0.3) is 5.56 Å². The largest absolute Gasteiger partial charge is 0.352 e. The Labute approximate surface area is 147 Å². The first-order valence-electron chi connectivity index (χ1n) is 8.87. The number of unbranched alkanes of at least 4 members (excludes halogenated alkanes) is 1. The Hall–Kier alpha value is -2.63. The summed E-state index contributed by atoms with van der Waals surface area (Å²) in [5, 5.41) is 4.51. The highest BCUT2D eigenvalue weighted by Gasteiger charge is 2.22. The number of hydrogen-bond acceptors (Lipinski definition) is 4. The standard InChI is InChI=1S/C19H24N4O2/c1-2-3-9-18(24)22-14-12-21(13-15-22)17-10-11-19(25)23(20-17)16-7-5-4-6-8-16/h4-8,10-11H,2-3,9,12-15H2,1H3. The van der Waals surface area contributed by atoms with Crippen LogP contribution in [0.5, 0.6) is 0 Å². The first-order chi connectivity index (χ1) is 12.2. The Bertz CT molecular complexity index is 764. The summed E-state index contributed by atoms with van der Waals surface area (Å²) in [4.78, 5) is 28.3. The molecule has 0 unspecified atom stereocenters. The molecule has 6 nitrogen and oxygen atoms in total. The van der Waals surface area contributed by atoms with E-state index >= 15 is 0 Å². The third kappa shape index (κ3) is 4.07. The van der Waals surface area contributed by atoms with Crippen LogP contribution in [0, 0.1) is 0 Å². The second kappa shape index (κ2) is 7.96. The SMILES string of the molecule is CCCCC(=O)N1CCN(c2ccc(=O)n(-c3ccccc3)n2)CC1. The lowest BCUT2D eigenvalue weighted by Crippen LogP contribution is -2.49. The molecule has 1 aliphatic heterocycles. The Kier molecular flexibility index (Phi) is 5.48. The zero-order valence-electron chi connectivity index (χ0n) is 14.6. The van der Waals surface area contributed by atoms with Gasteiger partial charge in [-0.05, 0) is 24.6 Å². The van der Waals surface area contributed by atoms with Crippen molar-refractivity contribution in [1.82, 2.24) is 14.7 Å². The van der Waals surface area contributed by atoms with Crippen molar-refractivity contribution in [1.29, 1.82) is 0 Å². The van der Waals surface area contributed by atoms with E-state index in [1.165, 1.54) is 4.68 Å².